The molecular weight excluding hydrogens is 352 g/mol. The minimum Gasteiger partial charge on any atom is -0.378 e. The smallest absolute Gasteiger partial charge is 0.258 e. The molecule has 0 radical (unpaired) electrons. The van der Waals surface area contributed by atoms with Crippen molar-refractivity contribution in [3.8, 4) is 11.5 Å². The maximum Gasteiger partial charge on any atom is 0.258 e. The molecule has 2 heterocycles. The summed E-state index contributed by atoms with van der Waals surface area (Å²) in [6, 6.07) is 18.2. The highest BCUT2D eigenvalue weighted by Crippen LogP contribution is 2.29. The van der Waals surface area contributed by atoms with E-state index in [2.05, 4.69) is 22.3 Å². The summed E-state index contributed by atoms with van der Waals surface area (Å²) >= 11 is 0. The zero-order valence-electron chi connectivity index (χ0n) is 16.2. The molecule has 2 aromatic carbocycles. The van der Waals surface area contributed by atoms with Gasteiger partial charge >= 0.3 is 0 Å². The number of likely N-dealkylation sites (tertiary alicyclic amines) is 1. The average Bonchev–Trinajstić information content (AvgIpc) is 3.34. The van der Waals surface area contributed by atoms with Crippen LogP contribution in [0.2, 0.25) is 0 Å². The molecular formula is C22H24N4O2. The van der Waals surface area contributed by atoms with Gasteiger partial charge in [0.1, 0.15) is 0 Å². The standard InChI is InChI=1S/C22H24N4O2/c1-25(2)19-10-6-9-17(13-19)22-23-21(24-28-22)18-14-20(27)26(15-18)12-11-16-7-4-3-5-8-16/h3-10,13,18H,11-12,14-15H2,1-2H3. The Hall–Kier alpha value is -3.15. The van der Waals surface area contributed by atoms with Crippen molar-refractivity contribution in [3.63, 3.8) is 0 Å². The van der Waals surface area contributed by atoms with Crippen LogP contribution >= 0.6 is 0 Å². The minimum atomic E-state index is -0.0159. The van der Waals surface area contributed by atoms with Crippen molar-refractivity contribution >= 4 is 11.6 Å². The molecule has 4 rings (SSSR count). The quantitative estimate of drug-likeness (QED) is 0.660. The summed E-state index contributed by atoms with van der Waals surface area (Å²) in [5.41, 5.74) is 3.19. The normalized spacial score (nSPS) is 16.6. The maximum absolute atomic E-state index is 12.4. The lowest BCUT2D eigenvalue weighted by Crippen LogP contribution is -2.27. The van der Waals surface area contributed by atoms with E-state index in [1.54, 1.807) is 0 Å². The second-order valence-electron chi connectivity index (χ2n) is 7.38. The van der Waals surface area contributed by atoms with Crippen LogP contribution in [-0.4, -0.2) is 48.1 Å². The van der Waals surface area contributed by atoms with Crippen LogP contribution in [0.25, 0.3) is 11.5 Å². The van der Waals surface area contributed by atoms with Gasteiger partial charge in [-0.1, -0.05) is 41.6 Å². The van der Waals surface area contributed by atoms with Crippen molar-refractivity contribution in [1.82, 2.24) is 15.0 Å². The summed E-state index contributed by atoms with van der Waals surface area (Å²) in [6.45, 7) is 1.36. The van der Waals surface area contributed by atoms with Crippen LogP contribution in [0.3, 0.4) is 0 Å². The van der Waals surface area contributed by atoms with Crippen LogP contribution < -0.4 is 4.90 Å². The van der Waals surface area contributed by atoms with Gasteiger partial charge in [-0.05, 0) is 30.2 Å². The molecule has 6 nitrogen and oxygen atoms in total. The zero-order chi connectivity index (χ0) is 19.5. The molecule has 144 valence electrons. The van der Waals surface area contributed by atoms with Gasteiger partial charge in [0.2, 0.25) is 5.91 Å². The van der Waals surface area contributed by atoms with Crippen molar-refractivity contribution in [1.29, 1.82) is 0 Å². The molecule has 1 saturated heterocycles. The highest BCUT2D eigenvalue weighted by molar-refractivity contribution is 5.79. The van der Waals surface area contributed by atoms with Gasteiger partial charge in [-0.2, -0.15) is 4.98 Å². The van der Waals surface area contributed by atoms with Gasteiger partial charge in [-0.25, -0.2) is 0 Å². The van der Waals surface area contributed by atoms with Gasteiger partial charge in [-0.3, -0.25) is 4.79 Å². The molecule has 0 aliphatic carbocycles. The van der Waals surface area contributed by atoms with E-state index in [9.17, 15) is 4.79 Å². The predicted molar refractivity (Wildman–Crippen MR) is 108 cm³/mol. The number of amides is 1. The van der Waals surface area contributed by atoms with Crippen molar-refractivity contribution in [3.05, 3.63) is 66.0 Å². The topological polar surface area (TPSA) is 62.5 Å². The minimum absolute atomic E-state index is 0.0159. The van der Waals surface area contributed by atoms with Crippen molar-refractivity contribution in [2.75, 3.05) is 32.1 Å². The summed E-state index contributed by atoms with van der Waals surface area (Å²) in [5.74, 6) is 1.24. The fraction of sp³-hybridized carbons (Fsp3) is 0.318. The Bertz CT molecular complexity index is 952. The molecule has 1 unspecified atom stereocenters. The summed E-state index contributed by atoms with van der Waals surface area (Å²) in [4.78, 5) is 20.9. The molecule has 1 amide bonds. The van der Waals surface area contributed by atoms with Crippen molar-refractivity contribution < 1.29 is 9.32 Å². The number of anilines is 1. The van der Waals surface area contributed by atoms with E-state index in [4.69, 9.17) is 4.52 Å². The molecule has 0 saturated carbocycles. The average molecular weight is 376 g/mol. The number of carbonyl (C=O) groups excluding carboxylic acids is 1. The second-order valence-corrected chi connectivity index (χ2v) is 7.38. The fourth-order valence-electron chi connectivity index (χ4n) is 3.50. The van der Waals surface area contributed by atoms with E-state index in [0.717, 1.165) is 24.2 Å². The summed E-state index contributed by atoms with van der Waals surface area (Å²) in [6.07, 6.45) is 1.29. The van der Waals surface area contributed by atoms with Crippen LogP contribution in [0.15, 0.2) is 59.1 Å². The highest BCUT2D eigenvalue weighted by atomic mass is 16.5. The highest BCUT2D eigenvalue weighted by Gasteiger charge is 2.33. The first-order valence-electron chi connectivity index (χ1n) is 9.53. The third-order valence-corrected chi connectivity index (χ3v) is 5.14. The molecule has 0 N–H and O–H groups in total. The molecule has 1 atom stereocenters. The first kappa shape index (κ1) is 18.2. The van der Waals surface area contributed by atoms with Crippen molar-refractivity contribution in [2.45, 2.75) is 18.8 Å². The first-order chi connectivity index (χ1) is 13.6. The van der Waals surface area contributed by atoms with E-state index >= 15 is 0 Å². The second kappa shape index (κ2) is 7.84. The maximum atomic E-state index is 12.4. The SMILES string of the molecule is CN(C)c1cccc(-c2nc(C3CC(=O)N(CCc4ccccc4)C3)no2)c1. The fourth-order valence-corrected chi connectivity index (χ4v) is 3.50. The number of rotatable bonds is 6. The molecule has 1 aliphatic heterocycles. The van der Waals surface area contributed by atoms with E-state index in [-0.39, 0.29) is 11.8 Å². The van der Waals surface area contributed by atoms with Crippen LogP contribution in [0.4, 0.5) is 5.69 Å². The Morgan fingerprint density at radius 1 is 1.14 bits per heavy atom. The number of carbonyl (C=O) groups is 1. The Kier molecular flexibility index (Phi) is 5.10. The van der Waals surface area contributed by atoms with Crippen molar-refractivity contribution in [2.24, 2.45) is 0 Å². The van der Waals surface area contributed by atoms with Gasteiger partial charge in [0.05, 0.1) is 0 Å². The van der Waals surface area contributed by atoms with Crippen LogP contribution in [0.1, 0.15) is 23.7 Å². The Morgan fingerprint density at radius 2 is 1.96 bits per heavy atom. The molecule has 28 heavy (non-hydrogen) atoms. The molecule has 6 heteroatoms. The summed E-state index contributed by atoms with van der Waals surface area (Å²) in [5, 5.41) is 4.16. The lowest BCUT2D eigenvalue weighted by Gasteiger charge is -2.15. The Labute approximate surface area is 164 Å². The molecule has 0 bridgehead atoms. The van der Waals surface area contributed by atoms with Gasteiger partial charge in [0, 0.05) is 50.8 Å². The Morgan fingerprint density at radius 3 is 2.75 bits per heavy atom. The summed E-state index contributed by atoms with van der Waals surface area (Å²) < 4.78 is 5.49. The zero-order valence-corrected chi connectivity index (χ0v) is 16.2. The largest absolute Gasteiger partial charge is 0.378 e. The van der Waals surface area contributed by atoms with Crippen LogP contribution in [-0.2, 0) is 11.2 Å². The van der Waals surface area contributed by atoms with E-state index in [0.29, 0.717) is 24.7 Å². The number of hydrogen-bond donors (Lipinski definition) is 0. The monoisotopic (exact) mass is 376 g/mol. The predicted octanol–water partition coefficient (Wildman–Crippen LogP) is 3.36. The van der Waals surface area contributed by atoms with Gasteiger partial charge in [-0.15, -0.1) is 0 Å². The Balaban J connectivity index is 1.43. The molecule has 0 spiro atoms. The lowest BCUT2D eigenvalue weighted by molar-refractivity contribution is -0.127. The third-order valence-electron chi connectivity index (χ3n) is 5.14. The molecule has 1 aliphatic rings. The van der Waals surface area contributed by atoms with E-state index in [1.807, 2.05) is 66.4 Å². The van der Waals surface area contributed by atoms with Crippen LogP contribution in [0, 0.1) is 0 Å². The van der Waals surface area contributed by atoms with E-state index in [1.165, 1.54) is 5.56 Å². The number of nitrogens with zero attached hydrogens (tertiary/aromatic N) is 4. The van der Waals surface area contributed by atoms with Gasteiger partial charge < -0.3 is 14.3 Å². The molecule has 1 fully saturated rings. The third kappa shape index (κ3) is 3.91. The number of aromatic nitrogens is 2. The molecule has 3 aromatic rings. The van der Waals surface area contributed by atoms with Crippen LogP contribution in [0.5, 0.6) is 0 Å². The van der Waals surface area contributed by atoms with Gasteiger partial charge in [0.25, 0.3) is 5.89 Å². The number of benzene rings is 2. The summed E-state index contributed by atoms with van der Waals surface area (Å²) in [7, 11) is 3.99. The first-order valence-corrected chi connectivity index (χ1v) is 9.53. The van der Waals surface area contributed by atoms with Gasteiger partial charge in [0.15, 0.2) is 5.82 Å². The molecule has 1 aromatic heterocycles. The van der Waals surface area contributed by atoms with E-state index < -0.39 is 0 Å². The lowest BCUT2D eigenvalue weighted by atomic mass is 10.1. The number of hydrogen-bond acceptors (Lipinski definition) is 5.